The van der Waals surface area contributed by atoms with Crippen LogP contribution in [0.4, 0.5) is 0 Å². The number of aromatic amines is 1. The van der Waals surface area contributed by atoms with Gasteiger partial charge in [0.2, 0.25) is 5.91 Å². The number of rotatable bonds is 9. The summed E-state index contributed by atoms with van der Waals surface area (Å²) < 4.78 is 12.1. The number of aromatic nitrogens is 3. The van der Waals surface area contributed by atoms with Gasteiger partial charge in [-0.1, -0.05) is 48.2 Å². The fourth-order valence-corrected chi connectivity index (χ4v) is 4.56. The molecule has 4 rings (SSSR count). The molecule has 0 aliphatic carbocycles. The van der Waals surface area contributed by atoms with Gasteiger partial charge in [-0.05, 0) is 30.2 Å². The molecule has 0 radical (unpaired) electrons. The van der Waals surface area contributed by atoms with Crippen LogP contribution in [-0.4, -0.2) is 40.4 Å². The summed E-state index contributed by atoms with van der Waals surface area (Å²) in [5.74, 6) is 1.21. The Hall–Kier alpha value is -3.72. The van der Waals surface area contributed by atoms with E-state index in [9.17, 15) is 9.59 Å². The highest BCUT2D eigenvalue weighted by Gasteiger charge is 2.17. The second kappa shape index (κ2) is 10.5. The lowest BCUT2D eigenvalue weighted by Gasteiger charge is -2.12. The van der Waals surface area contributed by atoms with Crippen LogP contribution >= 0.6 is 11.8 Å². The van der Waals surface area contributed by atoms with Crippen LogP contribution in [0.3, 0.4) is 0 Å². The maximum Gasteiger partial charge on any atom is 0.278 e. The molecule has 0 atom stereocenters. The number of methoxy groups -OCH3 is 2. The normalized spacial score (nSPS) is 10.9. The zero-order chi connectivity index (χ0) is 24.1. The van der Waals surface area contributed by atoms with E-state index >= 15 is 0 Å². The Morgan fingerprint density at radius 2 is 1.88 bits per heavy atom. The number of fused-ring (bicyclic) bond motifs is 1. The molecule has 0 unspecified atom stereocenters. The van der Waals surface area contributed by atoms with Crippen molar-refractivity contribution in [1.82, 2.24) is 19.9 Å². The van der Waals surface area contributed by atoms with E-state index in [0.717, 1.165) is 16.7 Å². The minimum absolute atomic E-state index is 0.135. The summed E-state index contributed by atoms with van der Waals surface area (Å²) in [5.41, 5.74) is 3.63. The monoisotopic (exact) mass is 478 g/mol. The lowest BCUT2D eigenvalue weighted by molar-refractivity contribution is -0.118. The first kappa shape index (κ1) is 23.4. The van der Waals surface area contributed by atoms with E-state index in [1.54, 1.807) is 31.0 Å². The summed E-state index contributed by atoms with van der Waals surface area (Å²) in [6, 6.07) is 15.3. The first-order valence-electron chi connectivity index (χ1n) is 10.8. The van der Waals surface area contributed by atoms with E-state index in [4.69, 9.17) is 14.5 Å². The van der Waals surface area contributed by atoms with Crippen molar-refractivity contribution in [2.45, 2.75) is 25.2 Å². The summed E-state index contributed by atoms with van der Waals surface area (Å²) in [7, 11) is 3.15. The van der Waals surface area contributed by atoms with E-state index in [1.165, 1.54) is 11.8 Å². The molecular weight excluding hydrogens is 452 g/mol. The van der Waals surface area contributed by atoms with Gasteiger partial charge in [0.15, 0.2) is 16.7 Å². The summed E-state index contributed by atoms with van der Waals surface area (Å²) in [6.45, 7) is 2.69. The van der Waals surface area contributed by atoms with E-state index in [2.05, 4.69) is 10.3 Å². The highest BCUT2D eigenvalue weighted by atomic mass is 32.2. The zero-order valence-corrected chi connectivity index (χ0v) is 20.1. The molecule has 0 spiro atoms. The van der Waals surface area contributed by atoms with Gasteiger partial charge in [-0.3, -0.25) is 14.2 Å². The molecule has 4 aromatic rings. The summed E-state index contributed by atoms with van der Waals surface area (Å²) in [4.78, 5) is 33.4. The Morgan fingerprint density at radius 1 is 1.12 bits per heavy atom. The van der Waals surface area contributed by atoms with Gasteiger partial charge in [-0.15, -0.1) is 0 Å². The molecule has 2 heterocycles. The van der Waals surface area contributed by atoms with Crippen LogP contribution in [0.2, 0.25) is 0 Å². The van der Waals surface area contributed by atoms with Crippen molar-refractivity contribution in [1.29, 1.82) is 0 Å². The Labute approximate surface area is 201 Å². The fraction of sp³-hybridized carbons (Fsp3) is 0.240. The molecule has 2 N–H and O–H groups in total. The second-order valence-corrected chi connectivity index (χ2v) is 8.43. The van der Waals surface area contributed by atoms with Crippen LogP contribution in [-0.2, 0) is 17.9 Å². The van der Waals surface area contributed by atoms with Gasteiger partial charge >= 0.3 is 0 Å². The molecule has 2 aromatic carbocycles. The van der Waals surface area contributed by atoms with Crippen molar-refractivity contribution in [3.8, 4) is 22.6 Å². The van der Waals surface area contributed by atoms with Crippen LogP contribution < -0.4 is 20.3 Å². The third-order valence-corrected chi connectivity index (χ3v) is 6.40. The van der Waals surface area contributed by atoms with E-state index in [0.29, 0.717) is 40.8 Å². The van der Waals surface area contributed by atoms with Crippen LogP contribution in [0.1, 0.15) is 12.5 Å². The first-order valence-corrected chi connectivity index (χ1v) is 11.8. The van der Waals surface area contributed by atoms with Crippen LogP contribution in [0, 0.1) is 0 Å². The van der Waals surface area contributed by atoms with Crippen molar-refractivity contribution >= 4 is 28.7 Å². The van der Waals surface area contributed by atoms with E-state index in [1.807, 2.05) is 49.4 Å². The van der Waals surface area contributed by atoms with Gasteiger partial charge in [0.25, 0.3) is 5.56 Å². The van der Waals surface area contributed by atoms with Crippen LogP contribution in [0.25, 0.3) is 22.2 Å². The summed E-state index contributed by atoms with van der Waals surface area (Å²) >= 11 is 1.25. The number of carbonyl (C=O) groups is 1. The molecule has 0 saturated carbocycles. The number of hydrogen-bond donors (Lipinski definition) is 2. The largest absolute Gasteiger partial charge is 0.493 e. The smallest absolute Gasteiger partial charge is 0.278 e. The molecule has 0 saturated heterocycles. The molecule has 0 bridgehead atoms. The Kier molecular flexibility index (Phi) is 7.22. The SMILES string of the molecule is CCn1c(SCC(=O)NCc2ccc(OC)c(OC)c2)nc2c(-c3ccccc3)c[nH]c2c1=O. The average Bonchev–Trinajstić information content (AvgIpc) is 3.30. The van der Waals surface area contributed by atoms with Crippen molar-refractivity contribution in [2.75, 3.05) is 20.0 Å². The van der Waals surface area contributed by atoms with Gasteiger partial charge in [-0.2, -0.15) is 0 Å². The highest BCUT2D eigenvalue weighted by Crippen LogP contribution is 2.28. The number of H-pyrrole nitrogens is 1. The molecule has 9 heteroatoms. The standard InChI is InChI=1S/C25H26N4O4S/c1-4-29-24(31)23-22(18(14-27-23)17-8-6-5-7-9-17)28-25(29)34-15-21(30)26-13-16-10-11-19(32-2)20(12-16)33-3/h5-12,14,27H,4,13,15H2,1-3H3,(H,26,30). The van der Waals surface area contributed by atoms with Crippen molar-refractivity contribution in [3.63, 3.8) is 0 Å². The zero-order valence-electron chi connectivity index (χ0n) is 19.3. The number of benzene rings is 2. The van der Waals surface area contributed by atoms with Crippen molar-refractivity contribution in [3.05, 3.63) is 70.6 Å². The quantitative estimate of drug-likeness (QED) is 0.280. The van der Waals surface area contributed by atoms with E-state index < -0.39 is 0 Å². The average molecular weight is 479 g/mol. The lowest BCUT2D eigenvalue weighted by atomic mass is 10.1. The minimum atomic E-state index is -0.158. The number of thioether (sulfide) groups is 1. The number of carbonyl (C=O) groups excluding carboxylic acids is 1. The molecular formula is C25H26N4O4S. The van der Waals surface area contributed by atoms with Crippen LogP contribution in [0.5, 0.6) is 11.5 Å². The number of nitrogens with one attached hydrogen (secondary N) is 2. The highest BCUT2D eigenvalue weighted by molar-refractivity contribution is 7.99. The van der Waals surface area contributed by atoms with Gasteiger partial charge in [-0.25, -0.2) is 4.98 Å². The molecule has 1 amide bonds. The number of nitrogens with zero attached hydrogens (tertiary/aromatic N) is 2. The lowest BCUT2D eigenvalue weighted by Crippen LogP contribution is -2.26. The van der Waals surface area contributed by atoms with Gasteiger partial charge in [0.05, 0.1) is 20.0 Å². The Morgan fingerprint density at radius 3 is 2.59 bits per heavy atom. The topological polar surface area (TPSA) is 98.2 Å². The first-order chi connectivity index (χ1) is 16.5. The van der Waals surface area contributed by atoms with Crippen molar-refractivity contribution < 1.29 is 14.3 Å². The molecule has 0 aliphatic rings. The molecule has 8 nitrogen and oxygen atoms in total. The maximum absolute atomic E-state index is 13.0. The van der Waals surface area contributed by atoms with Gasteiger partial charge in [0, 0.05) is 24.8 Å². The number of ether oxygens (including phenoxy) is 2. The summed E-state index contributed by atoms with van der Waals surface area (Å²) in [5, 5.41) is 3.41. The van der Waals surface area contributed by atoms with Crippen LogP contribution in [0.15, 0.2) is 64.7 Å². The number of hydrogen-bond acceptors (Lipinski definition) is 6. The minimum Gasteiger partial charge on any atom is -0.493 e. The van der Waals surface area contributed by atoms with Gasteiger partial charge in [0.1, 0.15) is 11.0 Å². The van der Waals surface area contributed by atoms with Gasteiger partial charge < -0.3 is 19.8 Å². The third-order valence-electron chi connectivity index (χ3n) is 5.42. The third kappa shape index (κ3) is 4.79. The molecule has 0 fully saturated rings. The second-order valence-electron chi connectivity index (χ2n) is 7.49. The summed E-state index contributed by atoms with van der Waals surface area (Å²) in [6.07, 6.45) is 1.80. The molecule has 176 valence electrons. The van der Waals surface area contributed by atoms with Crippen molar-refractivity contribution in [2.24, 2.45) is 0 Å². The maximum atomic E-state index is 13.0. The molecule has 34 heavy (non-hydrogen) atoms. The number of amides is 1. The van der Waals surface area contributed by atoms with E-state index in [-0.39, 0.29) is 17.2 Å². The predicted molar refractivity (Wildman–Crippen MR) is 134 cm³/mol. The fourth-order valence-electron chi connectivity index (χ4n) is 3.67. The predicted octanol–water partition coefficient (Wildman–Crippen LogP) is 3.84. The Bertz CT molecular complexity index is 1360. The molecule has 2 aromatic heterocycles. The molecule has 0 aliphatic heterocycles. The Balaban J connectivity index is 1.50.